The zero-order chi connectivity index (χ0) is 16.0. The van der Waals surface area contributed by atoms with Gasteiger partial charge in [0.2, 0.25) is 5.91 Å². The zero-order valence-electron chi connectivity index (χ0n) is 13.2. The molecular weight excluding hydrogens is 290 g/mol. The van der Waals surface area contributed by atoms with Crippen molar-refractivity contribution in [3.63, 3.8) is 0 Å². The van der Waals surface area contributed by atoms with E-state index < -0.39 is 0 Å². The van der Waals surface area contributed by atoms with Gasteiger partial charge in [0.25, 0.3) is 5.56 Å². The molecule has 2 aromatic rings. The van der Waals surface area contributed by atoms with Crippen molar-refractivity contribution in [2.75, 3.05) is 11.4 Å². The first-order valence-corrected chi connectivity index (χ1v) is 8.09. The molecule has 0 fully saturated rings. The third-order valence-electron chi connectivity index (χ3n) is 4.96. The number of hydrogen-bond donors (Lipinski definition) is 0. The van der Waals surface area contributed by atoms with Crippen LogP contribution in [0.4, 0.5) is 5.69 Å². The summed E-state index contributed by atoms with van der Waals surface area (Å²) in [6.45, 7) is 0.760. The fourth-order valence-corrected chi connectivity index (χ4v) is 3.68. The van der Waals surface area contributed by atoms with Crippen LogP contribution in [0.25, 0.3) is 0 Å². The molecule has 5 nitrogen and oxygen atoms in total. The van der Waals surface area contributed by atoms with Crippen molar-refractivity contribution < 1.29 is 4.79 Å². The van der Waals surface area contributed by atoms with Crippen molar-refractivity contribution in [3.05, 3.63) is 57.5 Å². The lowest BCUT2D eigenvalue weighted by Gasteiger charge is -2.27. The maximum Gasteiger partial charge on any atom is 0.266 e. The lowest BCUT2D eigenvalue weighted by molar-refractivity contribution is -0.122. The van der Waals surface area contributed by atoms with E-state index in [1.165, 1.54) is 10.2 Å². The Kier molecular flexibility index (Phi) is 3.29. The highest BCUT2D eigenvalue weighted by Crippen LogP contribution is 2.32. The number of rotatable bonds is 1. The minimum atomic E-state index is -0.108. The third kappa shape index (κ3) is 2.36. The molecule has 1 aromatic heterocycles. The molecule has 2 heterocycles. The molecule has 2 aliphatic rings. The number of anilines is 1. The van der Waals surface area contributed by atoms with Crippen LogP contribution < -0.4 is 10.5 Å². The van der Waals surface area contributed by atoms with Gasteiger partial charge in [0.05, 0.1) is 5.69 Å². The second-order valence-corrected chi connectivity index (χ2v) is 6.39. The van der Waals surface area contributed by atoms with E-state index >= 15 is 0 Å². The number of benzene rings is 1. The van der Waals surface area contributed by atoms with Gasteiger partial charge in [-0.25, -0.2) is 4.68 Å². The number of hydrogen-bond acceptors (Lipinski definition) is 3. The molecule has 0 radical (unpaired) electrons. The molecule has 0 unspecified atom stereocenters. The van der Waals surface area contributed by atoms with E-state index in [1.54, 1.807) is 13.1 Å². The van der Waals surface area contributed by atoms with E-state index in [0.717, 1.165) is 42.8 Å². The maximum absolute atomic E-state index is 12.9. The standard InChI is InChI=1S/C18H19N3O2/c1-20-17(22)11-14-10-13(6-7-15(14)19-20)18(23)21-9-8-12-4-2-3-5-16(12)21/h2-5,11,13H,6-10H2,1H3/t13-/m0/s1. The summed E-state index contributed by atoms with van der Waals surface area (Å²) in [6.07, 6.45) is 3.11. The number of amides is 1. The molecule has 1 aromatic carbocycles. The second-order valence-electron chi connectivity index (χ2n) is 6.39. The highest BCUT2D eigenvalue weighted by molar-refractivity contribution is 5.97. The molecule has 1 atom stereocenters. The van der Waals surface area contributed by atoms with Gasteiger partial charge in [-0.15, -0.1) is 0 Å². The van der Waals surface area contributed by atoms with Gasteiger partial charge < -0.3 is 4.90 Å². The van der Waals surface area contributed by atoms with Crippen LogP contribution >= 0.6 is 0 Å². The van der Waals surface area contributed by atoms with Gasteiger partial charge in [0, 0.05) is 31.3 Å². The molecule has 1 aliphatic heterocycles. The Morgan fingerprint density at radius 1 is 1.22 bits per heavy atom. The quantitative estimate of drug-likeness (QED) is 0.802. The smallest absolute Gasteiger partial charge is 0.266 e. The minimum absolute atomic E-state index is 0.0532. The van der Waals surface area contributed by atoms with Crippen LogP contribution in [0.2, 0.25) is 0 Å². The van der Waals surface area contributed by atoms with Crippen LogP contribution in [0.3, 0.4) is 0 Å². The molecule has 4 rings (SSSR count). The normalized spacial score (nSPS) is 19.3. The van der Waals surface area contributed by atoms with E-state index in [0.29, 0.717) is 6.42 Å². The monoisotopic (exact) mass is 309 g/mol. The van der Waals surface area contributed by atoms with Crippen LogP contribution in [0.15, 0.2) is 35.1 Å². The zero-order valence-corrected chi connectivity index (χ0v) is 13.2. The number of carbonyl (C=O) groups is 1. The first-order valence-electron chi connectivity index (χ1n) is 8.09. The summed E-state index contributed by atoms with van der Waals surface area (Å²) < 4.78 is 1.37. The number of aryl methyl sites for hydroxylation is 2. The molecule has 1 aliphatic carbocycles. The summed E-state index contributed by atoms with van der Waals surface area (Å²) in [5.74, 6) is 0.129. The predicted molar refractivity (Wildman–Crippen MR) is 87.5 cm³/mol. The Bertz CT molecular complexity index is 840. The number of carbonyl (C=O) groups excluding carboxylic acids is 1. The Hall–Kier alpha value is -2.43. The number of aromatic nitrogens is 2. The Morgan fingerprint density at radius 3 is 2.91 bits per heavy atom. The first kappa shape index (κ1) is 14.2. The van der Waals surface area contributed by atoms with E-state index in [-0.39, 0.29) is 17.4 Å². The van der Waals surface area contributed by atoms with Crippen molar-refractivity contribution in [2.24, 2.45) is 13.0 Å². The lowest BCUT2D eigenvalue weighted by atomic mass is 9.86. The Morgan fingerprint density at radius 2 is 2.04 bits per heavy atom. The summed E-state index contributed by atoms with van der Waals surface area (Å²) >= 11 is 0. The predicted octanol–water partition coefficient (Wildman–Crippen LogP) is 1.47. The summed E-state index contributed by atoms with van der Waals surface area (Å²) in [5, 5.41) is 4.32. The Labute approximate surface area is 134 Å². The van der Waals surface area contributed by atoms with Crippen molar-refractivity contribution in [3.8, 4) is 0 Å². The third-order valence-corrected chi connectivity index (χ3v) is 4.96. The van der Waals surface area contributed by atoms with Gasteiger partial charge in [0.1, 0.15) is 0 Å². The highest BCUT2D eigenvalue weighted by Gasteiger charge is 2.32. The molecule has 1 amide bonds. The topological polar surface area (TPSA) is 55.2 Å². The first-order chi connectivity index (χ1) is 11.1. The summed E-state index contributed by atoms with van der Waals surface area (Å²) in [5.41, 5.74) is 4.07. The van der Waals surface area contributed by atoms with Gasteiger partial charge in [0.15, 0.2) is 0 Å². The Balaban J connectivity index is 1.59. The van der Waals surface area contributed by atoms with Gasteiger partial charge in [-0.2, -0.15) is 5.10 Å². The molecule has 0 saturated carbocycles. The average molecular weight is 309 g/mol. The lowest BCUT2D eigenvalue weighted by Crippen LogP contribution is -2.38. The summed E-state index contributed by atoms with van der Waals surface area (Å²) in [7, 11) is 1.67. The van der Waals surface area contributed by atoms with Gasteiger partial charge in [-0.1, -0.05) is 18.2 Å². The summed E-state index contributed by atoms with van der Waals surface area (Å²) in [4.78, 5) is 26.7. The van der Waals surface area contributed by atoms with Crippen LogP contribution in [0.5, 0.6) is 0 Å². The van der Waals surface area contributed by atoms with Gasteiger partial charge >= 0.3 is 0 Å². The SMILES string of the molecule is Cn1nc2c(cc1=O)C[C@@H](C(=O)N1CCc3ccccc31)CC2. The molecule has 0 saturated heterocycles. The van der Waals surface area contributed by atoms with Gasteiger partial charge in [-0.3, -0.25) is 9.59 Å². The highest BCUT2D eigenvalue weighted by atomic mass is 16.2. The minimum Gasteiger partial charge on any atom is -0.312 e. The fraction of sp³-hybridized carbons (Fsp3) is 0.389. The van der Waals surface area contributed by atoms with Crippen molar-refractivity contribution in [1.29, 1.82) is 0 Å². The van der Waals surface area contributed by atoms with E-state index in [9.17, 15) is 9.59 Å². The molecule has 23 heavy (non-hydrogen) atoms. The molecule has 0 N–H and O–H groups in total. The molecular formula is C18H19N3O2. The van der Waals surface area contributed by atoms with Gasteiger partial charge in [-0.05, 0) is 42.9 Å². The average Bonchev–Trinajstić information content (AvgIpc) is 2.99. The number of para-hydroxylation sites is 1. The van der Waals surface area contributed by atoms with Crippen LogP contribution in [0, 0.1) is 5.92 Å². The van der Waals surface area contributed by atoms with Crippen molar-refractivity contribution >= 4 is 11.6 Å². The molecule has 5 heteroatoms. The van der Waals surface area contributed by atoms with Crippen molar-refractivity contribution in [2.45, 2.75) is 25.7 Å². The molecule has 0 bridgehead atoms. The summed E-state index contributed by atoms with van der Waals surface area (Å²) in [6, 6.07) is 9.75. The fourth-order valence-electron chi connectivity index (χ4n) is 3.68. The van der Waals surface area contributed by atoms with E-state index in [1.807, 2.05) is 23.1 Å². The van der Waals surface area contributed by atoms with Crippen LogP contribution in [-0.2, 0) is 31.1 Å². The molecule has 118 valence electrons. The second kappa shape index (κ2) is 5.33. The van der Waals surface area contributed by atoms with Crippen molar-refractivity contribution in [1.82, 2.24) is 9.78 Å². The van der Waals surface area contributed by atoms with E-state index in [2.05, 4.69) is 11.2 Å². The largest absolute Gasteiger partial charge is 0.312 e. The maximum atomic E-state index is 12.9. The van der Waals surface area contributed by atoms with Crippen LogP contribution in [0.1, 0.15) is 23.2 Å². The van der Waals surface area contributed by atoms with Crippen LogP contribution in [-0.4, -0.2) is 22.2 Å². The number of fused-ring (bicyclic) bond motifs is 2. The number of nitrogens with zero attached hydrogens (tertiary/aromatic N) is 3. The van der Waals surface area contributed by atoms with E-state index in [4.69, 9.17) is 0 Å². The molecule has 0 spiro atoms.